The molecule has 0 aliphatic carbocycles. The zero-order valence-corrected chi connectivity index (χ0v) is 9.55. The number of benzene rings is 2. The van der Waals surface area contributed by atoms with Crippen LogP contribution in [0.3, 0.4) is 0 Å². The number of aromatic hydroxyl groups is 1. The van der Waals surface area contributed by atoms with E-state index in [1.165, 1.54) is 0 Å². The van der Waals surface area contributed by atoms with E-state index in [2.05, 4.69) is 4.98 Å². The molecule has 0 unspecified atom stereocenters. The summed E-state index contributed by atoms with van der Waals surface area (Å²) in [6.07, 6.45) is 0. The topological polar surface area (TPSA) is 53.1 Å². The van der Waals surface area contributed by atoms with Crippen LogP contribution in [0.1, 0.15) is 0 Å². The van der Waals surface area contributed by atoms with Crippen LogP contribution in [0.2, 0.25) is 0 Å². The fourth-order valence-electron chi connectivity index (χ4n) is 2.13. The first-order valence-corrected chi connectivity index (χ1v) is 5.67. The summed E-state index contributed by atoms with van der Waals surface area (Å²) >= 11 is 0. The highest BCUT2D eigenvalue weighted by Crippen LogP contribution is 2.32. The molecule has 0 aliphatic heterocycles. The van der Waals surface area contributed by atoms with Gasteiger partial charge in [-0.15, -0.1) is 0 Å². The number of para-hydroxylation sites is 1. The van der Waals surface area contributed by atoms with Gasteiger partial charge in [0.15, 0.2) is 5.75 Å². The molecule has 0 saturated carbocycles. The minimum atomic E-state index is -0.465. The van der Waals surface area contributed by atoms with E-state index in [1.807, 2.05) is 54.6 Å². The van der Waals surface area contributed by atoms with Crippen LogP contribution < -0.4 is 5.56 Å². The van der Waals surface area contributed by atoms with E-state index >= 15 is 0 Å². The van der Waals surface area contributed by atoms with Crippen molar-refractivity contribution < 1.29 is 5.11 Å². The maximum atomic E-state index is 11.7. The Labute approximate surface area is 103 Å². The van der Waals surface area contributed by atoms with E-state index < -0.39 is 5.56 Å². The molecule has 0 saturated heterocycles. The van der Waals surface area contributed by atoms with Gasteiger partial charge in [-0.1, -0.05) is 48.5 Å². The third-order valence-electron chi connectivity index (χ3n) is 2.96. The Hall–Kier alpha value is -2.55. The molecule has 3 rings (SSSR count). The van der Waals surface area contributed by atoms with Gasteiger partial charge < -0.3 is 10.1 Å². The van der Waals surface area contributed by atoms with Gasteiger partial charge in [-0.3, -0.25) is 4.79 Å². The molecule has 3 nitrogen and oxygen atoms in total. The van der Waals surface area contributed by atoms with Gasteiger partial charge in [0.1, 0.15) is 0 Å². The van der Waals surface area contributed by atoms with Crippen molar-refractivity contribution in [2.45, 2.75) is 0 Å². The number of hydrogen-bond donors (Lipinski definition) is 2. The van der Waals surface area contributed by atoms with E-state index in [9.17, 15) is 9.90 Å². The second kappa shape index (κ2) is 4.04. The Bertz CT molecular complexity index is 760. The van der Waals surface area contributed by atoms with E-state index in [0.717, 1.165) is 16.5 Å². The number of rotatable bonds is 1. The number of H-pyrrole nitrogens is 1. The van der Waals surface area contributed by atoms with Crippen molar-refractivity contribution in [3.63, 3.8) is 0 Å². The van der Waals surface area contributed by atoms with E-state index in [0.29, 0.717) is 5.56 Å². The van der Waals surface area contributed by atoms with Gasteiger partial charge in [-0.05, 0) is 11.6 Å². The lowest BCUT2D eigenvalue weighted by Crippen LogP contribution is -2.06. The van der Waals surface area contributed by atoms with Crippen LogP contribution in [0.15, 0.2) is 59.4 Å². The van der Waals surface area contributed by atoms with Crippen molar-refractivity contribution in [3.05, 3.63) is 65.0 Å². The predicted octanol–water partition coefficient (Wildman–Crippen LogP) is 2.90. The van der Waals surface area contributed by atoms with Crippen LogP contribution in [-0.4, -0.2) is 10.1 Å². The fourth-order valence-corrected chi connectivity index (χ4v) is 2.13. The Kier molecular flexibility index (Phi) is 2.38. The lowest BCUT2D eigenvalue weighted by atomic mass is 10.0. The monoisotopic (exact) mass is 237 g/mol. The Morgan fingerprint density at radius 1 is 0.889 bits per heavy atom. The summed E-state index contributed by atoms with van der Waals surface area (Å²) in [4.78, 5) is 14.4. The van der Waals surface area contributed by atoms with Crippen molar-refractivity contribution in [2.75, 3.05) is 0 Å². The maximum Gasteiger partial charge on any atom is 0.291 e. The average molecular weight is 237 g/mol. The lowest BCUT2D eigenvalue weighted by molar-refractivity contribution is 0.470. The molecular weight excluding hydrogens is 226 g/mol. The molecule has 0 fully saturated rings. The average Bonchev–Trinajstić information content (AvgIpc) is 2.41. The van der Waals surface area contributed by atoms with Crippen LogP contribution in [-0.2, 0) is 0 Å². The van der Waals surface area contributed by atoms with E-state index in [1.54, 1.807) is 0 Å². The quantitative estimate of drug-likeness (QED) is 0.683. The summed E-state index contributed by atoms with van der Waals surface area (Å²) in [7, 11) is 0. The summed E-state index contributed by atoms with van der Waals surface area (Å²) in [5, 5.41) is 10.8. The largest absolute Gasteiger partial charge is 0.503 e. The highest BCUT2D eigenvalue weighted by Gasteiger charge is 2.12. The smallest absolute Gasteiger partial charge is 0.291 e. The van der Waals surface area contributed by atoms with E-state index in [-0.39, 0.29) is 5.75 Å². The summed E-state index contributed by atoms with van der Waals surface area (Å²) in [5.41, 5.74) is 1.67. The number of fused-ring (bicyclic) bond motifs is 1. The number of hydrogen-bond acceptors (Lipinski definition) is 2. The Morgan fingerprint density at radius 2 is 1.56 bits per heavy atom. The highest BCUT2D eigenvalue weighted by molar-refractivity contribution is 5.97. The molecule has 3 heteroatoms. The minimum absolute atomic E-state index is 0.236. The summed E-state index contributed by atoms with van der Waals surface area (Å²) in [5.74, 6) is -0.236. The van der Waals surface area contributed by atoms with Gasteiger partial charge in [0.2, 0.25) is 0 Å². The lowest BCUT2D eigenvalue weighted by Gasteiger charge is -2.08. The van der Waals surface area contributed by atoms with Crippen molar-refractivity contribution >= 4 is 10.9 Å². The molecule has 0 radical (unpaired) electrons. The first kappa shape index (κ1) is 10.6. The fraction of sp³-hybridized carbons (Fsp3) is 0. The van der Waals surface area contributed by atoms with Crippen LogP contribution in [0.25, 0.3) is 22.0 Å². The number of aromatic nitrogens is 1. The summed E-state index contributed by atoms with van der Waals surface area (Å²) in [6.45, 7) is 0. The van der Waals surface area contributed by atoms with Gasteiger partial charge in [0.25, 0.3) is 5.56 Å². The third kappa shape index (κ3) is 1.57. The molecule has 0 aliphatic rings. The van der Waals surface area contributed by atoms with Crippen LogP contribution in [0.4, 0.5) is 0 Å². The zero-order valence-electron chi connectivity index (χ0n) is 9.55. The molecule has 3 aromatic rings. The second-order valence-corrected chi connectivity index (χ2v) is 4.09. The number of aromatic amines is 1. The van der Waals surface area contributed by atoms with Gasteiger partial charge in [-0.2, -0.15) is 0 Å². The molecule has 1 heterocycles. The Morgan fingerprint density at radius 3 is 2.33 bits per heavy atom. The minimum Gasteiger partial charge on any atom is -0.503 e. The molecule has 0 amide bonds. The van der Waals surface area contributed by atoms with Gasteiger partial charge in [0.05, 0.1) is 0 Å². The molecule has 1 aromatic heterocycles. The van der Waals surface area contributed by atoms with Crippen molar-refractivity contribution in [2.24, 2.45) is 0 Å². The molecule has 2 N–H and O–H groups in total. The molecule has 2 aromatic carbocycles. The van der Waals surface area contributed by atoms with Crippen LogP contribution in [0, 0.1) is 0 Å². The Balaban J connectivity index is 2.47. The van der Waals surface area contributed by atoms with Crippen LogP contribution in [0.5, 0.6) is 5.75 Å². The van der Waals surface area contributed by atoms with Crippen molar-refractivity contribution in [1.82, 2.24) is 4.98 Å². The maximum absolute atomic E-state index is 11.7. The molecule has 88 valence electrons. The normalized spacial score (nSPS) is 10.7. The van der Waals surface area contributed by atoms with Gasteiger partial charge in [0, 0.05) is 16.5 Å². The van der Waals surface area contributed by atoms with Gasteiger partial charge in [-0.25, -0.2) is 0 Å². The SMILES string of the molecule is O=c1[nH]c2ccccc2c(-c2ccccc2)c1O. The van der Waals surface area contributed by atoms with Crippen molar-refractivity contribution in [1.29, 1.82) is 0 Å². The highest BCUT2D eigenvalue weighted by atomic mass is 16.3. The van der Waals surface area contributed by atoms with E-state index in [4.69, 9.17) is 0 Å². The van der Waals surface area contributed by atoms with Crippen molar-refractivity contribution in [3.8, 4) is 16.9 Å². The zero-order chi connectivity index (χ0) is 12.5. The first-order valence-electron chi connectivity index (χ1n) is 5.67. The predicted molar refractivity (Wildman–Crippen MR) is 71.7 cm³/mol. The first-order chi connectivity index (χ1) is 8.77. The molecule has 0 bridgehead atoms. The molecule has 18 heavy (non-hydrogen) atoms. The summed E-state index contributed by atoms with van der Waals surface area (Å²) in [6, 6.07) is 16.8. The third-order valence-corrected chi connectivity index (χ3v) is 2.96. The second-order valence-electron chi connectivity index (χ2n) is 4.09. The summed E-state index contributed by atoms with van der Waals surface area (Å²) < 4.78 is 0. The molecule has 0 atom stereocenters. The number of nitrogens with one attached hydrogen (secondary N) is 1. The number of pyridine rings is 1. The standard InChI is InChI=1S/C15H11NO2/c17-14-13(10-6-2-1-3-7-10)11-8-4-5-9-12(11)16-15(14)18/h1-9,17H,(H,16,18). The van der Waals surface area contributed by atoms with Crippen LogP contribution >= 0.6 is 0 Å². The molecular formula is C15H11NO2. The van der Waals surface area contributed by atoms with Gasteiger partial charge >= 0.3 is 0 Å². The molecule has 0 spiro atoms.